The zero-order valence-electron chi connectivity index (χ0n) is 11.8. The fraction of sp³-hybridized carbons (Fsp3) is 0.571. The second kappa shape index (κ2) is 11.6. The van der Waals surface area contributed by atoms with Crippen molar-refractivity contribution in [3.8, 4) is 0 Å². The van der Waals surface area contributed by atoms with Gasteiger partial charge in [0.2, 0.25) is 0 Å². The van der Waals surface area contributed by atoms with Gasteiger partial charge >= 0.3 is 0 Å². The van der Waals surface area contributed by atoms with Crippen LogP contribution in [0.1, 0.15) is 31.7 Å². The summed E-state index contributed by atoms with van der Waals surface area (Å²) in [5, 5.41) is 13.8. The molecule has 0 aliphatic carbocycles. The molecule has 1 N–H and O–H groups in total. The molecule has 0 fully saturated rings. The van der Waals surface area contributed by atoms with E-state index in [9.17, 15) is 10.1 Å². The van der Waals surface area contributed by atoms with Gasteiger partial charge in [0.05, 0.1) is 4.92 Å². The molecule has 114 valence electrons. The first-order valence-corrected chi connectivity index (χ1v) is 6.76. The molecule has 0 aliphatic heterocycles. The fourth-order valence-electron chi connectivity index (χ4n) is 1.62. The molecule has 0 amide bonds. The van der Waals surface area contributed by atoms with E-state index in [2.05, 4.69) is 12.2 Å². The fourth-order valence-corrected chi connectivity index (χ4v) is 1.62. The molecule has 6 heteroatoms. The third-order valence-electron chi connectivity index (χ3n) is 2.76. The molecule has 0 radical (unpaired) electrons. The van der Waals surface area contributed by atoms with Crippen molar-refractivity contribution in [2.75, 3.05) is 19.8 Å². The lowest BCUT2D eigenvalue weighted by atomic mass is 10.2. The Morgan fingerprint density at radius 2 is 1.85 bits per heavy atom. The number of nitro groups is 1. The Labute approximate surface area is 126 Å². The summed E-state index contributed by atoms with van der Waals surface area (Å²) in [4.78, 5) is 10.1. The van der Waals surface area contributed by atoms with Crippen LogP contribution in [0.15, 0.2) is 24.3 Å². The lowest BCUT2D eigenvalue weighted by Crippen LogP contribution is -2.16. The predicted octanol–water partition coefficient (Wildman–Crippen LogP) is 3.31. The van der Waals surface area contributed by atoms with Gasteiger partial charge in [-0.1, -0.05) is 25.5 Å². The van der Waals surface area contributed by atoms with E-state index in [1.807, 2.05) is 0 Å². The number of rotatable bonds is 10. The van der Waals surface area contributed by atoms with Crippen LogP contribution < -0.4 is 5.32 Å². The maximum atomic E-state index is 10.5. The minimum Gasteiger partial charge on any atom is -0.381 e. The van der Waals surface area contributed by atoms with E-state index < -0.39 is 0 Å². The van der Waals surface area contributed by atoms with Gasteiger partial charge < -0.3 is 10.1 Å². The first kappa shape index (κ1) is 18.8. The predicted molar refractivity (Wildman–Crippen MR) is 82.4 cm³/mol. The normalized spacial score (nSPS) is 10.1. The van der Waals surface area contributed by atoms with Crippen molar-refractivity contribution < 1.29 is 9.66 Å². The van der Waals surface area contributed by atoms with Crippen molar-refractivity contribution in [2.24, 2.45) is 0 Å². The van der Waals surface area contributed by atoms with Crippen LogP contribution in [-0.2, 0) is 11.3 Å². The molecule has 1 aromatic carbocycles. The topological polar surface area (TPSA) is 64.4 Å². The summed E-state index contributed by atoms with van der Waals surface area (Å²) in [6.45, 7) is 5.40. The minimum atomic E-state index is -0.384. The molecule has 0 spiro atoms. The van der Waals surface area contributed by atoms with E-state index in [1.54, 1.807) is 12.1 Å². The Kier molecular flexibility index (Phi) is 11.0. The summed E-state index contributed by atoms with van der Waals surface area (Å²) >= 11 is 0. The van der Waals surface area contributed by atoms with E-state index in [-0.39, 0.29) is 23.0 Å². The number of nitrogens with zero attached hydrogens (tertiary/aromatic N) is 1. The van der Waals surface area contributed by atoms with Gasteiger partial charge in [0.15, 0.2) is 0 Å². The highest BCUT2D eigenvalue weighted by Crippen LogP contribution is 2.11. The van der Waals surface area contributed by atoms with Crippen LogP contribution in [0.4, 0.5) is 5.69 Å². The highest BCUT2D eigenvalue weighted by atomic mass is 35.5. The Morgan fingerprint density at radius 3 is 2.45 bits per heavy atom. The third-order valence-corrected chi connectivity index (χ3v) is 2.76. The summed E-state index contributed by atoms with van der Waals surface area (Å²) in [7, 11) is 0. The lowest BCUT2D eigenvalue weighted by molar-refractivity contribution is -0.384. The van der Waals surface area contributed by atoms with Gasteiger partial charge in [0, 0.05) is 31.9 Å². The van der Waals surface area contributed by atoms with Crippen molar-refractivity contribution in [1.29, 1.82) is 0 Å². The van der Waals surface area contributed by atoms with Gasteiger partial charge in [-0.15, -0.1) is 12.4 Å². The Bertz CT molecular complexity index is 371. The van der Waals surface area contributed by atoms with Gasteiger partial charge in [0.25, 0.3) is 5.69 Å². The molecule has 20 heavy (non-hydrogen) atoms. The molecular formula is C14H23ClN2O3. The van der Waals surface area contributed by atoms with E-state index >= 15 is 0 Å². The maximum absolute atomic E-state index is 10.5. The van der Waals surface area contributed by atoms with Crippen LogP contribution in [0.25, 0.3) is 0 Å². The summed E-state index contributed by atoms with van der Waals surface area (Å²) in [5.41, 5.74) is 1.19. The monoisotopic (exact) mass is 302 g/mol. The number of halogens is 1. The average molecular weight is 303 g/mol. The summed E-state index contributed by atoms with van der Waals surface area (Å²) in [6, 6.07) is 6.63. The Morgan fingerprint density at radius 1 is 1.20 bits per heavy atom. The Hall–Kier alpha value is -1.17. The first-order valence-electron chi connectivity index (χ1n) is 6.76. The van der Waals surface area contributed by atoms with Gasteiger partial charge in [0.1, 0.15) is 0 Å². The van der Waals surface area contributed by atoms with Crippen molar-refractivity contribution in [3.05, 3.63) is 39.9 Å². The van der Waals surface area contributed by atoms with Gasteiger partial charge in [-0.3, -0.25) is 10.1 Å². The number of non-ortho nitro benzene ring substituents is 1. The molecule has 1 aromatic rings. The number of benzene rings is 1. The molecule has 0 heterocycles. The molecule has 0 saturated heterocycles. The summed E-state index contributed by atoms with van der Waals surface area (Å²) < 4.78 is 5.45. The largest absolute Gasteiger partial charge is 0.381 e. The van der Waals surface area contributed by atoms with Crippen molar-refractivity contribution in [3.63, 3.8) is 0 Å². The van der Waals surface area contributed by atoms with Gasteiger partial charge in [-0.25, -0.2) is 0 Å². The lowest BCUT2D eigenvalue weighted by Gasteiger charge is -2.05. The Balaban J connectivity index is 0.00000361. The van der Waals surface area contributed by atoms with E-state index in [0.29, 0.717) is 0 Å². The van der Waals surface area contributed by atoms with Crippen LogP contribution >= 0.6 is 12.4 Å². The molecule has 0 saturated carbocycles. The smallest absolute Gasteiger partial charge is 0.269 e. The number of ether oxygens (including phenoxy) is 1. The highest BCUT2D eigenvalue weighted by molar-refractivity contribution is 5.85. The van der Waals surface area contributed by atoms with Crippen molar-refractivity contribution in [2.45, 2.75) is 32.7 Å². The number of unbranched alkanes of at least 4 members (excludes halogenated alkanes) is 1. The molecule has 1 rings (SSSR count). The number of hydrogen-bond acceptors (Lipinski definition) is 4. The zero-order valence-corrected chi connectivity index (χ0v) is 12.7. The standard InChI is InChI=1S/C14H22N2O3.ClH/c1-2-3-10-19-11-4-9-15-12-13-5-7-14(8-6-13)16(17)18;/h5-8,15H,2-4,9-12H2,1H3;1H. The molecule has 0 aliphatic rings. The number of nitrogens with one attached hydrogen (secondary N) is 1. The average Bonchev–Trinajstić information content (AvgIpc) is 2.42. The quantitative estimate of drug-likeness (QED) is 0.409. The molecule has 0 bridgehead atoms. The van der Waals surface area contributed by atoms with Gasteiger partial charge in [-0.05, 0) is 24.9 Å². The van der Waals surface area contributed by atoms with Crippen LogP contribution in [0.5, 0.6) is 0 Å². The van der Waals surface area contributed by atoms with E-state index in [4.69, 9.17) is 4.74 Å². The number of nitro benzene ring substituents is 1. The molecule has 0 unspecified atom stereocenters. The molecule has 0 atom stereocenters. The van der Waals surface area contributed by atoms with Gasteiger partial charge in [-0.2, -0.15) is 0 Å². The van der Waals surface area contributed by atoms with Crippen molar-refractivity contribution >= 4 is 18.1 Å². The zero-order chi connectivity index (χ0) is 13.9. The summed E-state index contributed by atoms with van der Waals surface area (Å²) in [5.74, 6) is 0. The second-order valence-electron chi connectivity index (χ2n) is 4.42. The highest BCUT2D eigenvalue weighted by Gasteiger charge is 2.03. The SMILES string of the molecule is CCCCOCCCNCc1ccc([N+](=O)[O-])cc1.Cl. The van der Waals surface area contributed by atoms with Crippen LogP contribution in [0.3, 0.4) is 0 Å². The molecule has 0 aromatic heterocycles. The molecular weight excluding hydrogens is 280 g/mol. The van der Waals surface area contributed by atoms with E-state index in [1.165, 1.54) is 18.6 Å². The van der Waals surface area contributed by atoms with E-state index in [0.717, 1.165) is 44.7 Å². The summed E-state index contributed by atoms with van der Waals surface area (Å²) in [6.07, 6.45) is 3.27. The van der Waals surface area contributed by atoms with Crippen LogP contribution in [0, 0.1) is 10.1 Å². The molecule has 5 nitrogen and oxygen atoms in total. The van der Waals surface area contributed by atoms with Crippen molar-refractivity contribution in [1.82, 2.24) is 5.32 Å². The second-order valence-corrected chi connectivity index (χ2v) is 4.42. The third kappa shape index (κ3) is 8.09. The van der Waals surface area contributed by atoms with Crippen LogP contribution in [-0.4, -0.2) is 24.7 Å². The number of hydrogen-bond donors (Lipinski definition) is 1. The maximum Gasteiger partial charge on any atom is 0.269 e. The minimum absolute atomic E-state index is 0. The van der Waals surface area contributed by atoms with Crippen LogP contribution in [0.2, 0.25) is 0 Å². The first-order chi connectivity index (χ1) is 9.24.